The van der Waals surface area contributed by atoms with E-state index in [1.165, 1.54) is 51.4 Å². The zero-order valence-corrected chi connectivity index (χ0v) is 24.3. The molecule has 1 spiro atoms. The van der Waals surface area contributed by atoms with Crippen LogP contribution in [0.3, 0.4) is 0 Å². The molecule has 0 radical (unpaired) electrons. The van der Waals surface area contributed by atoms with E-state index in [-0.39, 0.29) is 5.54 Å². The molecule has 5 saturated heterocycles. The van der Waals surface area contributed by atoms with Gasteiger partial charge in [0.05, 0.1) is 24.3 Å². The van der Waals surface area contributed by atoms with E-state index in [0.717, 1.165) is 30.8 Å². The first-order valence-corrected chi connectivity index (χ1v) is 16.6. The smallest absolute Gasteiger partial charge is 0.138 e. The van der Waals surface area contributed by atoms with Crippen molar-refractivity contribution in [3.63, 3.8) is 0 Å². The molecule has 0 bridgehead atoms. The summed E-state index contributed by atoms with van der Waals surface area (Å²) in [5.41, 5.74) is 4.12. The minimum atomic E-state index is 0.215. The number of nitrogens with one attached hydrogen (secondary N) is 2. The second-order valence-corrected chi connectivity index (χ2v) is 15.6. The van der Waals surface area contributed by atoms with Crippen LogP contribution in [0.1, 0.15) is 64.7 Å². The summed E-state index contributed by atoms with van der Waals surface area (Å²) in [6.07, 6.45) is 13.1. The van der Waals surface area contributed by atoms with Crippen LogP contribution < -0.4 is 10.7 Å². The molecule has 8 fully saturated rings. The van der Waals surface area contributed by atoms with Crippen LogP contribution in [0.5, 0.6) is 0 Å². The number of thioether (sulfide) groups is 1. The molecule has 0 aromatic rings. The quantitative estimate of drug-likeness (QED) is 0.408. The van der Waals surface area contributed by atoms with Gasteiger partial charge in [-0.1, -0.05) is 12.8 Å². The summed E-state index contributed by atoms with van der Waals surface area (Å²) in [6.45, 7) is 4.18. The van der Waals surface area contributed by atoms with E-state index >= 15 is 0 Å². The predicted octanol–water partition coefficient (Wildman–Crippen LogP) is 3.24. The molecule has 11 unspecified atom stereocenters. The Kier molecular flexibility index (Phi) is 6.23. The molecule has 7 nitrogen and oxygen atoms in total. The van der Waals surface area contributed by atoms with Gasteiger partial charge in [0.2, 0.25) is 0 Å². The Bertz CT molecular complexity index is 891. The van der Waals surface area contributed by atoms with Crippen LogP contribution in [0.4, 0.5) is 0 Å². The molecule has 13 atom stereocenters. The Hall–Kier alpha value is 0.360. The van der Waals surface area contributed by atoms with E-state index in [0.29, 0.717) is 65.3 Å². The van der Waals surface area contributed by atoms with Gasteiger partial charge in [-0.15, -0.1) is 23.4 Å². The fourth-order valence-electron chi connectivity index (χ4n) is 9.46. The number of fused-ring (bicyclic) bond motifs is 6. The molecular formula is C28H46ClN5O2S. The molecule has 37 heavy (non-hydrogen) atoms. The summed E-state index contributed by atoms with van der Waals surface area (Å²) in [7, 11) is 4.50. The zero-order chi connectivity index (χ0) is 25.1. The molecule has 0 aromatic carbocycles. The van der Waals surface area contributed by atoms with Gasteiger partial charge in [-0.2, -0.15) is 0 Å². The maximum Gasteiger partial charge on any atom is 0.138 e. The Morgan fingerprint density at radius 3 is 2.70 bits per heavy atom. The van der Waals surface area contributed by atoms with Crippen molar-refractivity contribution in [2.45, 2.75) is 123 Å². The lowest BCUT2D eigenvalue weighted by atomic mass is 9.73. The minimum absolute atomic E-state index is 0.215. The minimum Gasteiger partial charge on any atom is -0.380 e. The second kappa shape index (κ2) is 9.18. The third kappa shape index (κ3) is 3.94. The predicted molar refractivity (Wildman–Crippen MR) is 147 cm³/mol. The highest BCUT2D eigenvalue weighted by Crippen LogP contribution is 2.62. The van der Waals surface area contributed by atoms with E-state index in [1.54, 1.807) is 0 Å². The van der Waals surface area contributed by atoms with E-state index in [4.69, 9.17) is 21.1 Å². The lowest BCUT2D eigenvalue weighted by Crippen LogP contribution is -2.57. The van der Waals surface area contributed by atoms with E-state index in [2.05, 4.69) is 58.3 Å². The molecule has 3 aliphatic carbocycles. The van der Waals surface area contributed by atoms with Gasteiger partial charge in [0, 0.05) is 47.8 Å². The molecular weight excluding hydrogens is 506 g/mol. The number of ether oxygens (including phenoxy) is 2. The third-order valence-corrected chi connectivity index (χ3v) is 14.1. The number of rotatable bonds is 4. The van der Waals surface area contributed by atoms with Gasteiger partial charge >= 0.3 is 0 Å². The van der Waals surface area contributed by atoms with Crippen molar-refractivity contribution in [2.75, 3.05) is 27.3 Å². The SMILES string of the molecule is CC1N(C)NC2N1C1SC3C[C@@H](C4OC4N(C)[C@@H]4CCOC4)CC3C1C(C1CCCCC1Cl)NC21CC1. The Morgan fingerprint density at radius 1 is 1.11 bits per heavy atom. The first-order valence-electron chi connectivity index (χ1n) is 15.2. The molecule has 5 heterocycles. The lowest BCUT2D eigenvalue weighted by molar-refractivity contribution is 0.0897. The van der Waals surface area contributed by atoms with Gasteiger partial charge in [-0.3, -0.25) is 9.80 Å². The fraction of sp³-hybridized carbons (Fsp3) is 1.00. The van der Waals surface area contributed by atoms with Crippen molar-refractivity contribution in [3.8, 4) is 0 Å². The van der Waals surface area contributed by atoms with Gasteiger partial charge in [0.15, 0.2) is 0 Å². The average molecular weight is 552 g/mol. The largest absolute Gasteiger partial charge is 0.380 e. The molecule has 2 N–H and O–H groups in total. The Balaban J connectivity index is 1.07. The van der Waals surface area contributed by atoms with Gasteiger partial charge in [-0.05, 0) is 76.7 Å². The van der Waals surface area contributed by atoms with Gasteiger partial charge in [0.25, 0.3) is 0 Å². The van der Waals surface area contributed by atoms with E-state index in [1.807, 2.05) is 0 Å². The maximum absolute atomic E-state index is 7.17. The van der Waals surface area contributed by atoms with Crippen molar-refractivity contribution in [1.29, 1.82) is 0 Å². The van der Waals surface area contributed by atoms with Crippen LogP contribution in [0.15, 0.2) is 0 Å². The van der Waals surface area contributed by atoms with Gasteiger partial charge in [-0.25, -0.2) is 10.4 Å². The first-order chi connectivity index (χ1) is 17.9. The number of likely N-dealkylation sites (N-methyl/N-ethyl adjacent to an activating group) is 1. The van der Waals surface area contributed by atoms with Crippen LogP contribution in [-0.4, -0.2) is 100 Å². The molecule has 0 amide bonds. The number of hydrazine groups is 1. The number of nitrogens with zero attached hydrogens (tertiary/aromatic N) is 3. The van der Waals surface area contributed by atoms with Gasteiger partial charge < -0.3 is 14.8 Å². The number of hydrogen-bond donors (Lipinski definition) is 2. The standard InChI is InChI=1S/C28H46ClN5O2S/c1-15-33(3)31-27-28(9-10-28)30-23(18-6-4-5-7-20(18)29)22-19-12-16(13-21(19)37-26(22)34(15)27)24-25(36-24)32(2)17-8-11-35-14-17/h15-27,30-31H,4-14H2,1-3H3/t15?,16-,17+,18?,19?,20?,21?,22?,23?,24?,25?,26?,27?/m0/s1. The van der Waals surface area contributed by atoms with E-state index < -0.39 is 0 Å². The molecule has 208 valence electrons. The van der Waals surface area contributed by atoms with Crippen molar-refractivity contribution in [3.05, 3.63) is 0 Å². The van der Waals surface area contributed by atoms with E-state index in [9.17, 15) is 0 Å². The Labute approximate surface area is 232 Å². The Morgan fingerprint density at radius 2 is 1.95 bits per heavy atom. The van der Waals surface area contributed by atoms with Crippen LogP contribution in [0.25, 0.3) is 0 Å². The second-order valence-electron chi connectivity index (χ2n) is 13.7. The highest BCUT2D eigenvalue weighted by Gasteiger charge is 2.67. The number of epoxide rings is 1. The lowest BCUT2D eigenvalue weighted by Gasteiger charge is -2.42. The first kappa shape index (κ1) is 25.1. The fourth-order valence-corrected chi connectivity index (χ4v) is 12.1. The number of halogens is 1. The van der Waals surface area contributed by atoms with Gasteiger partial charge in [0.1, 0.15) is 12.3 Å². The van der Waals surface area contributed by atoms with Crippen LogP contribution in [-0.2, 0) is 9.47 Å². The van der Waals surface area contributed by atoms with Crippen LogP contribution in [0, 0.1) is 23.7 Å². The molecule has 3 saturated carbocycles. The molecule has 0 aromatic heterocycles. The number of hydrogen-bond acceptors (Lipinski definition) is 8. The summed E-state index contributed by atoms with van der Waals surface area (Å²) in [4.78, 5) is 5.37. The van der Waals surface area contributed by atoms with Crippen LogP contribution in [0.2, 0.25) is 0 Å². The zero-order valence-electron chi connectivity index (χ0n) is 22.7. The van der Waals surface area contributed by atoms with Crippen molar-refractivity contribution in [1.82, 2.24) is 25.6 Å². The van der Waals surface area contributed by atoms with Crippen LogP contribution >= 0.6 is 23.4 Å². The summed E-state index contributed by atoms with van der Waals surface area (Å²) in [5, 5.41) is 8.42. The highest BCUT2D eigenvalue weighted by atomic mass is 35.5. The topological polar surface area (TPSA) is 55.5 Å². The van der Waals surface area contributed by atoms with Crippen molar-refractivity contribution in [2.24, 2.45) is 23.7 Å². The average Bonchev–Trinajstić information content (AvgIpc) is 3.64. The molecule has 8 aliphatic rings. The van der Waals surface area contributed by atoms with Crippen molar-refractivity contribution >= 4 is 23.4 Å². The molecule has 8 rings (SSSR count). The summed E-state index contributed by atoms with van der Waals surface area (Å²) < 4.78 is 12.1. The van der Waals surface area contributed by atoms with Crippen molar-refractivity contribution < 1.29 is 9.47 Å². The maximum atomic E-state index is 7.17. The molecule has 9 heteroatoms. The summed E-state index contributed by atoms with van der Waals surface area (Å²) >= 11 is 9.50. The third-order valence-electron chi connectivity index (χ3n) is 11.9. The summed E-state index contributed by atoms with van der Waals surface area (Å²) in [5.74, 6) is 2.73. The number of alkyl halides is 1. The molecule has 5 aliphatic heterocycles. The highest BCUT2D eigenvalue weighted by molar-refractivity contribution is 8.00. The monoisotopic (exact) mass is 551 g/mol. The summed E-state index contributed by atoms with van der Waals surface area (Å²) in [6, 6.07) is 1.07. The normalized spacial score (nSPS) is 54.9.